The van der Waals surface area contributed by atoms with Crippen LogP contribution in [0.2, 0.25) is 0 Å². The third-order valence-electron chi connectivity index (χ3n) is 4.34. The molecule has 0 amide bonds. The highest BCUT2D eigenvalue weighted by molar-refractivity contribution is 7.40. The Morgan fingerprint density at radius 3 is 1.76 bits per heavy atom. The minimum atomic E-state index is -2.03. The van der Waals surface area contributed by atoms with Crippen LogP contribution < -0.4 is 0 Å². The summed E-state index contributed by atoms with van der Waals surface area (Å²) in [6, 6.07) is 0. The van der Waals surface area contributed by atoms with E-state index in [1.807, 2.05) is 21.1 Å². The molecule has 0 aliphatic rings. The van der Waals surface area contributed by atoms with Crippen LogP contribution >= 0.6 is 8.60 Å². The maximum absolute atomic E-state index is 11.0. The number of hydrogen-bond acceptors (Lipinski definition) is 6. The molecule has 0 aromatic carbocycles. The van der Waals surface area contributed by atoms with Crippen molar-refractivity contribution in [2.24, 2.45) is 0 Å². The van der Waals surface area contributed by atoms with Gasteiger partial charge >= 0.3 is 14.6 Å². The smallest absolute Gasteiger partial charge is 0.330 e. The third-order valence-corrected chi connectivity index (χ3v) is 5.22. The third kappa shape index (κ3) is 23.8. The molecule has 0 heterocycles. The average molecular weight is 442 g/mol. The zero-order chi connectivity index (χ0) is 21.3. The molecule has 0 aromatic heterocycles. The first-order valence-corrected chi connectivity index (χ1v) is 11.7. The number of hydrogen-bond donors (Lipinski definition) is 2. The quantitative estimate of drug-likeness (QED) is 0.166. The van der Waals surface area contributed by atoms with Gasteiger partial charge in [0.15, 0.2) is 0 Å². The Bertz CT molecular complexity index is 380. The summed E-state index contributed by atoms with van der Waals surface area (Å²) < 4.78 is 16.4. The minimum absolute atomic E-state index is 0. The predicted molar refractivity (Wildman–Crippen MR) is 115 cm³/mol. The molecule has 8 nitrogen and oxygen atoms in total. The standard InChI is InChI=1S/C20H42NO6P.H2O/c1-21(2,3)18-19(17-20(22)23)27-28(24)26-16-14-12-10-8-6-5-7-9-11-13-15-25-4;/h19,24H,5-18H2,1-4H3;1H2/t19-,28?;/m1./s1. The van der Waals surface area contributed by atoms with Crippen molar-refractivity contribution in [3.8, 4) is 0 Å². The molecule has 0 saturated heterocycles. The van der Waals surface area contributed by atoms with Crippen LogP contribution in [0.5, 0.6) is 0 Å². The van der Waals surface area contributed by atoms with Gasteiger partial charge in [0.05, 0.1) is 34.2 Å². The van der Waals surface area contributed by atoms with Crippen LogP contribution in [0.15, 0.2) is 0 Å². The van der Waals surface area contributed by atoms with Gasteiger partial charge in [0.1, 0.15) is 12.6 Å². The zero-order valence-electron chi connectivity index (χ0n) is 18.8. The van der Waals surface area contributed by atoms with Gasteiger partial charge in [-0.15, -0.1) is 0 Å². The molecule has 176 valence electrons. The first kappa shape index (κ1) is 30.9. The highest BCUT2D eigenvalue weighted by Crippen LogP contribution is 2.36. The fraction of sp³-hybridized carbons (Fsp3) is 0.950. The predicted octanol–water partition coefficient (Wildman–Crippen LogP) is 4.16. The van der Waals surface area contributed by atoms with Gasteiger partial charge in [0.25, 0.3) is 0 Å². The molecule has 0 fully saturated rings. The highest BCUT2D eigenvalue weighted by atomic mass is 31.2. The molecule has 0 radical (unpaired) electrons. The van der Waals surface area contributed by atoms with Crippen molar-refractivity contribution in [2.45, 2.75) is 76.7 Å². The largest absolute Gasteiger partial charge is 0.870 e. The van der Waals surface area contributed by atoms with E-state index in [-0.39, 0.29) is 11.9 Å². The van der Waals surface area contributed by atoms with Crippen molar-refractivity contribution in [3.05, 3.63) is 0 Å². The topological polar surface area (TPSA) is 115 Å². The van der Waals surface area contributed by atoms with E-state index in [1.165, 1.54) is 51.4 Å². The van der Waals surface area contributed by atoms with Crippen molar-refractivity contribution in [2.75, 3.05) is 48.0 Å². The summed E-state index contributed by atoms with van der Waals surface area (Å²) in [4.78, 5) is 20.9. The van der Waals surface area contributed by atoms with Crippen molar-refractivity contribution in [3.63, 3.8) is 0 Å². The van der Waals surface area contributed by atoms with Crippen molar-refractivity contribution >= 4 is 14.6 Å². The van der Waals surface area contributed by atoms with E-state index in [4.69, 9.17) is 18.9 Å². The molecule has 0 bridgehead atoms. The van der Waals surface area contributed by atoms with Crippen LogP contribution in [0.1, 0.15) is 70.6 Å². The Morgan fingerprint density at radius 1 is 0.897 bits per heavy atom. The van der Waals surface area contributed by atoms with E-state index in [1.54, 1.807) is 7.11 Å². The molecule has 2 atom stereocenters. The summed E-state index contributed by atoms with van der Waals surface area (Å²) in [5.41, 5.74) is 0. The van der Waals surface area contributed by atoms with Gasteiger partial charge in [-0.1, -0.05) is 51.4 Å². The molecule has 0 spiro atoms. The van der Waals surface area contributed by atoms with E-state index < -0.39 is 20.7 Å². The Hall–Kier alpha value is -0.340. The number of ether oxygens (including phenoxy) is 1. The number of rotatable bonds is 20. The number of carbonyl (C=O) groups is 1. The number of unbranched alkanes of at least 4 members (excludes halogenated alkanes) is 9. The van der Waals surface area contributed by atoms with E-state index in [0.717, 1.165) is 19.4 Å². The fourth-order valence-corrected chi connectivity index (χ4v) is 3.75. The molecule has 29 heavy (non-hydrogen) atoms. The summed E-state index contributed by atoms with van der Waals surface area (Å²) >= 11 is 0. The first-order valence-electron chi connectivity index (χ1n) is 10.5. The van der Waals surface area contributed by atoms with Crippen molar-refractivity contribution < 1.29 is 38.5 Å². The van der Waals surface area contributed by atoms with Crippen molar-refractivity contribution in [1.82, 2.24) is 0 Å². The number of carboxylic acid groups (broad SMARTS) is 1. The van der Waals surface area contributed by atoms with Crippen LogP contribution in [0.3, 0.4) is 0 Å². The lowest BCUT2D eigenvalue weighted by Gasteiger charge is -2.29. The molecular weight excluding hydrogens is 397 g/mol. The molecule has 0 aliphatic carbocycles. The number of carboxylic acids is 1. The van der Waals surface area contributed by atoms with E-state index in [2.05, 4.69) is 0 Å². The Balaban J connectivity index is 0. The second-order valence-corrected chi connectivity index (χ2v) is 9.34. The first-order chi connectivity index (χ1) is 13.2. The van der Waals surface area contributed by atoms with E-state index in [9.17, 15) is 9.69 Å². The summed E-state index contributed by atoms with van der Waals surface area (Å²) in [5.74, 6) is -0.933. The summed E-state index contributed by atoms with van der Waals surface area (Å²) in [6.45, 7) is 1.83. The molecule has 0 saturated carbocycles. The lowest BCUT2D eigenvalue weighted by atomic mass is 10.1. The number of aliphatic carboxylic acids is 1. The Labute approximate surface area is 178 Å². The molecule has 3 N–H and O–H groups in total. The minimum Gasteiger partial charge on any atom is -0.870 e. The van der Waals surface area contributed by atoms with Crippen molar-refractivity contribution in [1.29, 1.82) is 0 Å². The van der Waals surface area contributed by atoms with Gasteiger partial charge in [-0.05, 0) is 12.8 Å². The second kappa shape index (κ2) is 19.6. The fourth-order valence-electron chi connectivity index (χ4n) is 3.00. The monoisotopic (exact) mass is 441 g/mol. The number of nitrogens with zero attached hydrogens (tertiary/aromatic N) is 1. The molecule has 0 rings (SSSR count). The molecule has 0 aromatic rings. The van der Waals surface area contributed by atoms with E-state index >= 15 is 0 Å². The van der Waals surface area contributed by atoms with Crippen LogP contribution in [-0.2, 0) is 18.6 Å². The van der Waals surface area contributed by atoms with Gasteiger partial charge in [-0.2, -0.15) is 0 Å². The summed E-state index contributed by atoms with van der Waals surface area (Å²) in [7, 11) is 5.60. The molecule has 0 aliphatic heterocycles. The van der Waals surface area contributed by atoms with Gasteiger partial charge in [-0.3, -0.25) is 4.79 Å². The summed E-state index contributed by atoms with van der Waals surface area (Å²) in [6.07, 6.45) is 11.3. The van der Waals surface area contributed by atoms with Crippen LogP contribution in [-0.4, -0.2) is 80.0 Å². The summed E-state index contributed by atoms with van der Waals surface area (Å²) in [5, 5.41) is 8.99. The lowest BCUT2D eigenvalue weighted by molar-refractivity contribution is -0.873. The highest BCUT2D eigenvalue weighted by Gasteiger charge is 2.25. The molecule has 9 heteroatoms. The van der Waals surface area contributed by atoms with Crippen LogP contribution in [0, 0.1) is 0 Å². The van der Waals surface area contributed by atoms with Gasteiger partial charge in [-0.25, -0.2) is 0 Å². The average Bonchev–Trinajstić information content (AvgIpc) is 2.56. The second-order valence-electron chi connectivity index (χ2n) is 8.40. The van der Waals surface area contributed by atoms with Gasteiger partial charge in [0, 0.05) is 13.7 Å². The lowest BCUT2D eigenvalue weighted by Crippen LogP contribution is -2.42. The van der Waals surface area contributed by atoms with Gasteiger partial charge in [0.2, 0.25) is 0 Å². The van der Waals surface area contributed by atoms with Crippen LogP contribution in [0.25, 0.3) is 0 Å². The Morgan fingerprint density at radius 2 is 1.34 bits per heavy atom. The number of quaternary nitrogens is 1. The normalized spacial score (nSPS) is 13.7. The molecule has 1 unspecified atom stereocenters. The maximum atomic E-state index is 11.0. The van der Waals surface area contributed by atoms with E-state index in [0.29, 0.717) is 17.6 Å². The van der Waals surface area contributed by atoms with Crippen LogP contribution in [0.4, 0.5) is 0 Å². The SMILES string of the molecule is COCCCCCCCCCCCCOP(O)O[C@H](CC(=O)O)C[N+](C)(C)C.[OH-]. The zero-order valence-corrected chi connectivity index (χ0v) is 19.7. The van der Waals surface area contributed by atoms with Gasteiger partial charge < -0.3 is 33.7 Å². The Kier molecular flexibility index (Phi) is 20.9. The molecular formula is C20H44NO7P. The number of methoxy groups -OCH3 is 1. The number of likely N-dealkylation sites (N-methyl/N-ethyl adjacent to an activating group) is 1. The maximum Gasteiger partial charge on any atom is 0.330 e.